The van der Waals surface area contributed by atoms with E-state index >= 15 is 0 Å². The van der Waals surface area contributed by atoms with E-state index in [1.807, 2.05) is 19.2 Å². The van der Waals surface area contributed by atoms with Gasteiger partial charge in [-0.05, 0) is 50.6 Å². The molecule has 20 heavy (non-hydrogen) atoms. The number of aromatic nitrogens is 1. The molecule has 0 aliphatic heterocycles. The van der Waals surface area contributed by atoms with Crippen LogP contribution in [0.5, 0.6) is 0 Å². The molecule has 0 saturated heterocycles. The van der Waals surface area contributed by atoms with Crippen molar-refractivity contribution in [3.05, 3.63) is 42.1 Å². The quantitative estimate of drug-likeness (QED) is 0.834. The van der Waals surface area contributed by atoms with Crippen LogP contribution in [0.4, 0.5) is 0 Å². The fraction of sp³-hybridized carbons (Fsp3) is 0.471. The Morgan fingerprint density at radius 2 is 2.10 bits per heavy atom. The van der Waals surface area contributed by atoms with Gasteiger partial charge in [-0.25, -0.2) is 0 Å². The molecular formula is C17H24N2O. The first-order valence-electron chi connectivity index (χ1n) is 7.46. The Labute approximate surface area is 121 Å². The molecule has 2 rings (SSSR count). The second kappa shape index (κ2) is 7.36. The molecule has 1 aromatic heterocycles. The van der Waals surface area contributed by atoms with E-state index in [4.69, 9.17) is 4.74 Å². The summed E-state index contributed by atoms with van der Waals surface area (Å²) in [6.07, 6.45) is 3.10. The standard InChI is InChI=1S/C17H24N2O/c1-4-10-19-17(13(3)20-5-2)15-8-9-16-14(12-15)7-6-11-18-16/h6-9,11-13,17,19H,4-5,10H2,1-3H3. The minimum Gasteiger partial charge on any atom is -0.377 e. The molecule has 0 amide bonds. The predicted octanol–water partition coefficient (Wildman–Crippen LogP) is 3.70. The average molecular weight is 272 g/mol. The number of rotatable bonds is 7. The van der Waals surface area contributed by atoms with E-state index in [0.717, 1.165) is 25.1 Å². The van der Waals surface area contributed by atoms with Gasteiger partial charge in [0.1, 0.15) is 0 Å². The molecule has 1 aromatic carbocycles. The van der Waals surface area contributed by atoms with Gasteiger partial charge in [-0.1, -0.05) is 19.1 Å². The number of benzene rings is 1. The van der Waals surface area contributed by atoms with E-state index in [1.54, 1.807) is 0 Å². The number of hydrogen-bond acceptors (Lipinski definition) is 3. The largest absolute Gasteiger partial charge is 0.377 e. The van der Waals surface area contributed by atoms with Crippen LogP contribution >= 0.6 is 0 Å². The number of pyridine rings is 1. The van der Waals surface area contributed by atoms with Gasteiger partial charge in [-0.3, -0.25) is 4.98 Å². The highest BCUT2D eigenvalue weighted by molar-refractivity contribution is 5.79. The first kappa shape index (κ1) is 14.9. The molecule has 0 radical (unpaired) electrons. The first-order valence-corrected chi connectivity index (χ1v) is 7.46. The maximum absolute atomic E-state index is 5.79. The summed E-state index contributed by atoms with van der Waals surface area (Å²) in [5.41, 5.74) is 2.30. The van der Waals surface area contributed by atoms with E-state index in [9.17, 15) is 0 Å². The van der Waals surface area contributed by atoms with Gasteiger partial charge in [0.15, 0.2) is 0 Å². The van der Waals surface area contributed by atoms with Crippen LogP contribution in [-0.2, 0) is 4.74 Å². The first-order chi connectivity index (χ1) is 9.76. The van der Waals surface area contributed by atoms with Gasteiger partial charge in [0.25, 0.3) is 0 Å². The predicted molar refractivity (Wildman–Crippen MR) is 83.9 cm³/mol. The van der Waals surface area contributed by atoms with Crippen molar-refractivity contribution in [3.8, 4) is 0 Å². The lowest BCUT2D eigenvalue weighted by molar-refractivity contribution is 0.0473. The van der Waals surface area contributed by atoms with E-state index < -0.39 is 0 Å². The van der Waals surface area contributed by atoms with Gasteiger partial charge in [-0.15, -0.1) is 0 Å². The van der Waals surface area contributed by atoms with Crippen LogP contribution in [0, 0.1) is 0 Å². The van der Waals surface area contributed by atoms with Crippen LogP contribution < -0.4 is 5.32 Å². The van der Waals surface area contributed by atoms with E-state index in [2.05, 4.69) is 48.4 Å². The van der Waals surface area contributed by atoms with Gasteiger partial charge >= 0.3 is 0 Å². The molecule has 0 saturated carbocycles. The zero-order valence-electron chi connectivity index (χ0n) is 12.6. The number of nitrogens with one attached hydrogen (secondary N) is 1. The van der Waals surface area contributed by atoms with Gasteiger partial charge in [0.05, 0.1) is 17.7 Å². The molecule has 2 unspecified atom stereocenters. The monoisotopic (exact) mass is 272 g/mol. The maximum atomic E-state index is 5.79. The van der Waals surface area contributed by atoms with E-state index in [1.165, 1.54) is 10.9 Å². The van der Waals surface area contributed by atoms with Crippen LogP contribution in [0.2, 0.25) is 0 Å². The van der Waals surface area contributed by atoms with E-state index in [-0.39, 0.29) is 12.1 Å². The highest BCUT2D eigenvalue weighted by Crippen LogP contribution is 2.23. The maximum Gasteiger partial charge on any atom is 0.0741 e. The van der Waals surface area contributed by atoms with Crippen molar-refractivity contribution >= 4 is 10.9 Å². The third-order valence-electron chi connectivity index (χ3n) is 3.50. The SMILES string of the molecule is CCCNC(c1ccc2ncccc2c1)C(C)OCC. The Kier molecular flexibility index (Phi) is 5.50. The third kappa shape index (κ3) is 3.56. The Bertz CT molecular complexity index is 541. The normalized spacial score (nSPS) is 14.3. The number of hydrogen-bond donors (Lipinski definition) is 1. The van der Waals surface area contributed by atoms with Crippen molar-refractivity contribution in [2.24, 2.45) is 0 Å². The second-order valence-electron chi connectivity index (χ2n) is 5.05. The topological polar surface area (TPSA) is 34.2 Å². The van der Waals surface area contributed by atoms with Gasteiger partial charge in [-0.2, -0.15) is 0 Å². The molecule has 2 aromatic rings. The summed E-state index contributed by atoms with van der Waals surface area (Å²) in [7, 11) is 0. The molecule has 3 nitrogen and oxygen atoms in total. The van der Waals surface area contributed by atoms with Crippen LogP contribution in [0.15, 0.2) is 36.5 Å². The van der Waals surface area contributed by atoms with E-state index in [0.29, 0.717) is 0 Å². The van der Waals surface area contributed by atoms with Crippen molar-refractivity contribution < 1.29 is 4.74 Å². The zero-order chi connectivity index (χ0) is 14.4. The summed E-state index contributed by atoms with van der Waals surface area (Å²) in [6.45, 7) is 8.08. The van der Waals surface area contributed by atoms with Crippen molar-refractivity contribution in [2.45, 2.75) is 39.3 Å². The molecule has 0 aliphatic rings. The molecule has 0 fully saturated rings. The Hall–Kier alpha value is -1.45. The minimum absolute atomic E-state index is 0.153. The smallest absolute Gasteiger partial charge is 0.0741 e. The summed E-state index contributed by atoms with van der Waals surface area (Å²) in [5.74, 6) is 0. The number of ether oxygens (including phenoxy) is 1. The molecule has 0 aliphatic carbocycles. The molecule has 1 heterocycles. The fourth-order valence-corrected chi connectivity index (χ4v) is 2.50. The molecule has 0 bridgehead atoms. The highest BCUT2D eigenvalue weighted by Gasteiger charge is 2.19. The van der Waals surface area contributed by atoms with Gasteiger partial charge in [0, 0.05) is 18.2 Å². The summed E-state index contributed by atoms with van der Waals surface area (Å²) in [5, 5.41) is 4.77. The van der Waals surface area contributed by atoms with Crippen LogP contribution in [0.25, 0.3) is 10.9 Å². The molecular weight excluding hydrogens is 248 g/mol. The van der Waals surface area contributed by atoms with Crippen LogP contribution in [0.1, 0.15) is 38.8 Å². The lowest BCUT2D eigenvalue weighted by Gasteiger charge is -2.25. The lowest BCUT2D eigenvalue weighted by atomic mass is 10.00. The Morgan fingerprint density at radius 1 is 1.25 bits per heavy atom. The van der Waals surface area contributed by atoms with Crippen molar-refractivity contribution in [1.29, 1.82) is 0 Å². The van der Waals surface area contributed by atoms with Crippen LogP contribution in [0.3, 0.4) is 0 Å². The van der Waals surface area contributed by atoms with Gasteiger partial charge < -0.3 is 10.1 Å². The van der Waals surface area contributed by atoms with Crippen molar-refractivity contribution in [2.75, 3.05) is 13.2 Å². The molecule has 3 heteroatoms. The Balaban J connectivity index is 2.29. The summed E-state index contributed by atoms with van der Waals surface area (Å²) < 4.78 is 5.79. The highest BCUT2D eigenvalue weighted by atomic mass is 16.5. The minimum atomic E-state index is 0.153. The Morgan fingerprint density at radius 3 is 2.85 bits per heavy atom. The number of fused-ring (bicyclic) bond motifs is 1. The van der Waals surface area contributed by atoms with Crippen LogP contribution in [-0.4, -0.2) is 24.2 Å². The second-order valence-corrected chi connectivity index (χ2v) is 5.05. The third-order valence-corrected chi connectivity index (χ3v) is 3.50. The molecule has 2 atom stereocenters. The zero-order valence-corrected chi connectivity index (χ0v) is 12.6. The average Bonchev–Trinajstić information content (AvgIpc) is 2.48. The molecule has 1 N–H and O–H groups in total. The number of nitrogens with zero attached hydrogens (tertiary/aromatic N) is 1. The molecule has 0 spiro atoms. The molecule has 108 valence electrons. The van der Waals surface area contributed by atoms with Gasteiger partial charge in [0.2, 0.25) is 0 Å². The lowest BCUT2D eigenvalue weighted by Crippen LogP contribution is -2.32. The van der Waals surface area contributed by atoms with Crippen molar-refractivity contribution in [1.82, 2.24) is 10.3 Å². The summed E-state index contributed by atoms with van der Waals surface area (Å²) in [4.78, 5) is 4.37. The van der Waals surface area contributed by atoms with Crippen molar-refractivity contribution in [3.63, 3.8) is 0 Å². The fourth-order valence-electron chi connectivity index (χ4n) is 2.50. The summed E-state index contributed by atoms with van der Waals surface area (Å²) in [6, 6.07) is 10.8. The summed E-state index contributed by atoms with van der Waals surface area (Å²) >= 11 is 0.